The Hall–Kier alpha value is -2.47. The number of hydrogen-bond acceptors (Lipinski definition) is 4. The molecule has 2 N–H and O–H groups in total. The highest BCUT2D eigenvalue weighted by Gasteiger charge is 2.12. The number of carboxylic acid groups (broad SMARTS) is 1. The molecule has 0 aliphatic heterocycles. The molecule has 0 saturated carbocycles. The summed E-state index contributed by atoms with van der Waals surface area (Å²) in [6.45, 7) is 0. The van der Waals surface area contributed by atoms with E-state index in [1.165, 1.54) is 24.5 Å². The van der Waals surface area contributed by atoms with Gasteiger partial charge < -0.3 is 10.4 Å². The molecule has 0 spiro atoms. The van der Waals surface area contributed by atoms with Crippen molar-refractivity contribution in [2.45, 2.75) is 0 Å². The number of aromatic nitrogens is 2. The van der Waals surface area contributed by atoms with Crippen molar-refractivity contribution in [2.75, 3.05) is 5.32 Å². The SMILES string of the molecule is O=C(Nc1ncccc1Cl)c1ccnc(C(=O)O)c1. The second-order valence-electron chi connectivity index (χ2n) is 3.52. The fourth-order valence-electron chi connectivity index (χ4n) is 1.35. The van der Waals surface area contributed by atoms with E-state index in [1.807, 2.05) is 0 Å². The first-order chi connectivity index (χ1) is 9.08. The van der Waals surface area contributed by atoms with Crippen LogP contribution < -0.4 is 5.32 Å². The van der Waals surface area contributed by atoms with Crippen molar-refractivity contribution in [1.29, 1.82) is 0 Å². The summed E-state index contributed by atoms with van der Waals surface area (Å²) in [7, 11) is 0. The third-order valence-electron chi connectivity index (χ3n) is 2.23. The molecule has 2 heterocycles. The monoisotopic (exact) mass is 277 g/mol. The van der Waals surface area contributed by atoms with E-state index in [1.54, 1.807) is 12.1 Å². The smallest absolute Gasteiger partial charge is 0.354 e. The van der Waals surface area contributed by atoms with Crippen molar-refractivity contribution in [3.8, 4) is 0 Å². The molecule has 96 valence electrons. The Kier molecular flexibility index (Phi) is 3.72. The van der Waals surface area contributed by atoms with E-state index >= 15 is 0 Å². The van der Waals surface area contributed by atoms with E-state index in [2.05, 4.69) is 15.3 Å². The number of carbonyl (C=O) groups is 2. The molecular weight excluding hydrogens is 270 g/mol. The first-order valence-corrected chi connectivity index (χ1v) is 5.57. The normalized spacial score (nSPS) is 9.95. The number of aromatic carboxylic acids is 1. The Morgan fingerprint density at radius 2 is 2.00 bits per heavy atom. The molecule has 0 unspecified atom stereocenters. The van der Waals surface area contributed by atoms with Crippen molar-refractivity contribution in [3.05, 3.63) is 52.9 Å². The van der Waals surface area contributed by atoms with Gasteiger partial charge in [-0.05, 0) is 24.3 Å². The Morgan fingerprint density at radius 3 is 2.68 bits per heavy atom. The summed E-state index contributed by atoms with van der Waals surface area (Å²) in [5.74, 6) is -1.50. The molecule has 7 heteroatoms. The van der Waals surface area contributed by atoms with Crippen molar-refractivity contribution >= 4 is 29.3 Å². The minimum Gasteiger partial charge on any atom is -0.477 e. The summed E-state index contributed by atoms with van der Waals surface area (Å²) in [5, 5.41) is 11.6. The predicted octanol–water partition coefficient (Wildman–Crippen LogP) is 2.08. The number of anilines is 1. The lowest BCUT2D eigenvalue weighted by Crippen LogP contribution is -2.14. The molecule has 6 nitrogen and oxygen atoms in total. The number of carbonyl (C=O) groups excluding carboxylic acids is 1. The van der Waals surface area contributed by atoms with Crippen molar-refractivity contribution < 1.29 is 14.7 Å². The predicted molar refractivity (Wildman–Crippen MR) is 68.4 cm³/mol. The molecule has 0 aliphatic rings. The summed E-state index contributed by atoms with van der Waals surface area (Å²) in [5.41, 5.74) is -0.0473. The van der Waals surface area contributed by atoms with Crippen LogP contribution in [0.3, 0.4) is 0 Å². The van der Waals surface area contributed by atoms with Gasteiger partial charge in [-0.25, -0.2) is 14.8 Å². The third kappa shape index (κ3) is 3.05. The van der Waals surface area contributed by atoms with Crippen LogP contribution in [0.5, 0.6) is 0 Å². The number of halogens is 1. The molecular formula is C12H8ClN3O3. The van der Waals surface area contributed by atoms with Gasteiger partial charge in [0.05, 0.1) is 5.02 Å². The summed E-state index contributed by atoms with van der Waals surface area (Å²) >= 11 is 5.85. The van der Waals surface area contributed by atoms with E-state index in [0.29, 0.717) is 5.02 Å². The van der Waals surface area contributed by atoms with Crippen LogP contribution in [0.15, 0.2) is 36.7 Å². The Morgan fingerprint density at radius 1 is 1.21 bits per heavy atom. The van der Waals surface area contributed by atoms with Gasteiger partial charge in [0.2, 0.25) is 0 Å². The maximum absolute atomic E-state index is 11.9. The van der Waals surface area contributed by atoms with Crippen LogP contribution >= 0.6 is 11.6 Å². The third-order valence-corrected chi connectivity index (χ3v) is 2.54. The highest BCUT2D eigenvalue weighted by atomic mass is 35.5. The van der Waals surface area contributed by atoms with Crippen LogP contribution in [-0.4, -0.2) is 27.0 Å². The maximum atomic E-state index is 11.9. The highest BCUT2D eigenvalue weighted by molar-refractivity contribution is 6.33. The molecule has 0 saturated heterocycles. The Balaban J connectivity index is 2.23. The van der Waals surface area contributed by atoms with Gasteiger partial charge in [-0.1, -0.05) is 11.6 Å². The van der Waals surface area contributed by atoms with E-state index in [9.17, 15) is 9.59 Å². The molecule has 2 rings (SSSR count). The zero-order chi connectivity index (χ0) is 13.8. The van der Waals surface area contributed by atoms with Crippen molar-refractivity contribution in [1.82, 2.24) is 9.97 Å². The average Bonchev–Trinajstić information content (AvgIpc) is 2.41. The number of carboxylic acids is 1. The molecule has 0 fully saturated rings. The number of pyridine rings is 2. The summed E-state index contributed by atoms with van der Waals surface area (Å²) < 4.78 is 0. The Labute approximate surface area is 113 Å². The van der Waals surface area contributed by atoms with E-state index < -0.39 is 11.9 Å². The molecule has 0 aliphatic carbocycles. The van der Waals surface area contributed by atoms with E-state index in [-0.39, 0.29) is 17.1 Å². The number of amides is 1. The van der Waals surface area contributed by atoms with Gasteiger partial charge in [0.25, 0.3) is 5.91 Å². The molecule has 2 aromatic heterocycles. The summed E-state index contributed by atoms with van der Waals surface area (Å²) in [4.78, 5) is 30.2. The van der Waals surface area contributed by atoms with E-state index in [4.69, 9.17) is 16.7 Å². The molecule has 2 aromatic rings. The van der Waals surface area contributed by atoms with Gasteiger partial charge in [0.1, 0.15) is 5.69 Å². The average molecular weight is 278 g/mol. The molecule has 19 heavy (non-hydrogen) atoms. The van der Waals surface area contributed by atoms with Gasteiger partial charge in [-0.15, -0.1) is 0 Å². The molecule has 1 amide bonds. The first-order valence-electron chi connectivity index (χ1n) is 5.19. The lowest BCUT2D eigenvalue weighted by Gasteiger charge is -2.06. The van der Waals surface area contributed by atoms with Gasteiger partial charge >= 0.3 is 5.97 Å². The van der Waals surface area contributed by atoms with Crippen LogP contribution in [-0.2, 0) is 0 Å². The fraction of sp³-hybridized carbons (Fsp3) is 0. The summed E-state index contributed by atoms with van der Waals surface area (Å²) in [6, 6.07) is 5.79. The standard InChI is InChI=1S/C12H8ClN3O3/c13-8-2-1-4-15-10(8)16-11(17)7-3-5-14-9(6-7)12(18)19/h1-6H,(H,18,19)(H,15,16,17). The lowest BCUT2D eigenvalue weighted by molar-refractivity contribution is 0.0690. The van der Waals surface area contributed by atoms with Gasteiger partial charge in [-0.3, -0.25) is 4.79 Å². The number of nitrogens with zero attached hydrogens (tertiary/aromatic N) is 2. The molecule has 0 radical (unpaired) electrons. The van der Waals surface area contributed by atoms with Crippen LogP contribution in [0, 0.1) is 0 Å². The topological polar surface area (TPSA) is 92.2 Å². The second kappa shape index (κ2) is 5.45. The highest BCUT2D eigenvalue weighted by Crippen LogP contribution is 2.18. The second-order valence-corrected chi connectivity index (χ2v) is 3.93. The first kappa shape index (κ1) is 13.0. The molecule has 0 bridgehead atoms. The quantitative estimate of drug-likeness (QED) is 0.896. The lowest BCUT2D eigenvalue weighted by atomic mass is 10.2. The van der Waals surface area contributed by atoms with E-state index in [0.717, 1.165) is 0 Å². The maximum Gasteiger partial charge on any atom is 0.354 e. The minimum atomic E-state index is -1.20. The fourth-order valence-corrected chi connectivity index (χ4v) is 1.51. The number of nitrogens with one attached hydrogen (secondary N) is 1. The molecule has 0 aromatic carbocycles. The van der Waals surface area contributed by atoms with Crippen molar-refractivity contribution in [3.63, 3.8) is 0 Å². The number of rotatable bonds is 3. The van der Waals surface area contributed by atoms with Gasteiger partial charge in [0, 0.05) is 18.0 Å². The van der Waals surface area contributed by atoms with Crippen LogP contribution in [0.2, 0.25) is 5.02 Å². The zero-order valence-electron chi connectivity index (χ0n) is 9.50. The molecule has 0 atom stereocenters. The minimum absolute atomic E-state index is 0.161. The van der Waals surface area contributed by atoms with Crippen LogP contribution in [0.4, 0.5) is 5.82 Å². The number of hydrogen-bond donors (Lipinski definition) is 2. The van der Waals surface area contributed by atoms with Crippen molar-refractivity contribution in [2.24, 2.45) is 0 Å². The summed E-state index contributed by atoms with van der Waals surface area (Å²) in [6.07, 6.45) is 2.73. The van der Waals surface area contributed by atoms with Gasteiger partial charge in [0.15, 0.2) is 5.82 Å². The Bertz CT molecular complexity index is 646. The van der Waals surface area contributed by atoms with Crippen LogP contribution in [0.25, 0.3) is 0 Å². The largest absolute Gasteiger partial charge is 0.477 e. The van der Waals surface area contributed by atoms with Crippen LogP contribution in [0.1, 0.15) is 20.8 Å². The zero-order valence-corrected chi connectivity index (χ0v) is 10.3. The van der Waals surface area contributed by atoms with Gasteiger partial charge in [-0.2, -0.15) is 0 Å².